The zero-order valence-corrected chi connectivity index (χ0v) is 12.7. The lowest BCUT2D eigenvalue weighted by Crippen LogP contribution is -2.32. The molecule has 0 radical (unpaired) electrons. The molecule has 3 aromatic rings. The minimum atomic E-state index is -0.267. The van der Waals surface area contributed by atoms with Gasteiger partial charge in [-0.15, -0.1) is 0 Å². The lowest BCUT2D eigenvalue weighted by Gasteiger charge is -2.08. The molecule has 5 heteroatoms. The van der Waals surface area contributed by atoms with Crippen molar-refractivity contribution in [3.8, 4) is 0 Å². The second-order valence-corrected chi connectivity index (χ2v) is 5.32. The number of aromatic amines is 1. The van der Waals surface area contributed by atoms with Crippen molar-refractivity contribution >= 4 is 28.4 Å². The maximum absolute atomic E-state index is 12.1. The Labute approximate surface area is 133 Å². The number of amides is 2. The molecular weight excluding hydrogens is 290 g/mol. The molecule has 0 unspecified atom stereocenters. The Morgan fingerprint density at radius 2 is 1.83 bits per heavy atom. The summed E-state index contributed by atoms with van der Waals surface area (Å²) in [6, 6.07) is 16.5. The summed E-state index contributed by atoms with van der Waals surface area (Å²) in [7, 11) is 0. The van der Waals surface area contributed by atoms with Crippen molar-refractivity contribution in [2.24, 2.45) is 0 Å². The van der Waals surface area contributed by atoms with Crippen molar-refractivity contribution in [1.82, 2.24) is 10.3 Å². The summed E-state index contributed by atoms with van der Waals surface area (Å²) in [5, 5.41) is 6.40. The third kappa shape index (κ3) is 3.40. The van der Waals surface area contributed by atoms with E-state index in [2.05, 4.69) is 15.6 Å². The molecule has 1 heterocycles. The van der Waals surface area contributed by atoms with Gasteiger partial charge in [-0.3, -0.25) is 9.59 Å². The van der Waals surface area contributed by atoms with Gasteiger partial charge in [0.1, 0.15) is 0 Å². The Hall–Kier alpha value is -3.08. The highest BCUT2D eigenvalue weighted by Crippen LogP contribution is 2.23. The molecule has 0 aliphatic heterocycles. The molecule has 5 nitrogen and oxygen atoms in total. The van der Waals surface area contributed by atoms with Crippen LogP contribution >= 0.6 is 0 Å². The zero-order valence-electron chi connectivity index (χ0n) is 12.7. The van der Waals surface area contributed by atoms with E-state index in [0.717, 1.165) is 22.3 Å². The third-order valence-electron chi connectivity index (χ3n) is 3.52. The topological polar surface area (TPSA) is 74.0 Å². The zero-order chi connectivity index (χ0) is 16.2. The van der Waals surface area contributed by atoms with Gasteiger partial charge in [0.05, 0.1) is 12.2 Å². The van der Waals surface area contributed by atoms with E-state index in [1.165, 1.54) is 0 Å². The first kappa shape index (κ1) is 14.8. The molecule has 0 aliphatic rings. The first-order valence-electron chi connectivity index (χ1n) is 7.35. The van der Waals surface area contributed by atoms with Crippen LogP contribution in [0.5, 0.6) is 0 Å². The molecule has 23 heavy (non-hydrogen) atoms. The number of H-pyrrole nitrogens is 1. The molecule has 0 bridgehead atoms. The number of hydrogen-bond acceptors (Lipinski definition) is 2. The van der Waals surface area contributed by atoms with Crippen LogP contribution in [0.3, 0.4) is 0 Å². The number of fused-ring (bicyclic) bond motifs is 1. The van der Waals surface area contributed by atoms with E-state index in [1.54, 1.807) is 24.3 Å². The molecule has 116 valence electrons. The van der Waals surface area contributed by atoms with Crippen LogP contribution in [0.25, 0.3) is 10.9 Å². The van der Waals surface area contributed by atoms with E-state index in [9.17, 15) is 9.59 Å². The van der Waals surface area contributed by atoms with Crippen molar-refractivity contribution in [2.75, 3.05) is 11.9 Å². The van der Waals surface area contributed by atoms with Gasteiger partial charge in [0.2, 0.25) is 5.91 Å². The number of carbonyl (C=O) groups is 2. The van der Waals surface area contributed by atoms with Crippen molar-refractivity contribution in [1.29, 1.82) is 0 Å². The Balaban J connectivity index is 1.64. The van der Waals surface area contributed by atoms with E-state index in [1.807, 2.05) is 37.3 Å². The van der Waals surface area contributed by atoms with Gasteiger partial charge in [-0.1, -0.05) is 24.3 Å². The average molecular weight is 307 g/mol. The molecule has 0 atom stereocenters. The fourth-order valence-electron chi connectivity index (χ4n) is 2.45. The van der Waals surface area contributed by atoms with Crippen LogP contribution in [0.1, 0.15) is 16.1 Å². The molecular formula is C18H17N3O2. The minimum Gasteiger partial charge on any atom is -0.359 e. The first-order valence-corrected chi connectivity index (χ1v) is 7.35. The van der Waals surface area contributed by atoms with Crippen molar-refractivity contribution in [3.63, 3.8) is 0 Å². The number of aryl methyl sites for hydroxylation is 1. The number of aromatic nitrogens is 1. The minimum absolute atomic E-state index is 0.0759. The molecule has 2 amide bonds. The summed E-state index contributed by atoms with van der Waals surface area (Å²) in [6.07, 6.45) is 0. The first-order chi connectivity index (χ1) is 11.1. The van der Waals surface area contributed by atoms with Crippen LogP contribution in [0.4, 0.5) is 5.69 Å². The highest BCUT2D eigenvalue weighted by atomic mass is 16.2. The van der Waals surface area contributed by atoms with E-state index >= 15 is 0 Å². The van der Waals surface area contributed by atoms with Crippen LogP contribution in [-0.4, -0.2) is 23.3 Å². The molecule has 0 fully saturated rings. The molecule has 0 saturated carbocycles. The average Bonchev–Trinajstić information content (AvgIpc) is 2.95. The number of nitrogens with one attached hydrogen (secondary N) is 3. The van der Waals surface area contributed by atoms with E-state index in [-0.39, 0.29) is 18.4 Å². The van der Waals surface area contributed by atoms with Crippen molar-refractivity contribution in [2.45, 2.75) is 6.92 Å². The van der Waals surface area contributed by atoms with Gasteiger partial charge in [-0.05, 0) is 37.3 Å². The number of benzene rings is 2. The second-order valence-electron chi connectivity index (χ2n) is 5.32. The molecule has 3 N–H and O–H groups in total. The molecule has 0 saturated heterocycles. The fraction of sp³-hybridized carbons (Fsp3) is 0.111. The summed E-state index contributed by atoms with van der Waals surface area (Å²) in [5.74, 6) is -0.530. The van der Waals surface area contributed by atoms with Gasteiger partial charge >= 0.3 is 0 Å². The van der Waals surface area contributed by atoms with Crippen molar-refractivity contribution < 1.29 is 9.59 Å². The van der Waals surface area contributed by atoms with Crippen LogP contribution in [0, 0.1) is 6.92 Å². The van der Waals surface area contributed by atoms with E-state index < -0.39 is 0 Å². The Morgan fingerprint density at radius 1 is 1.04 bits per heavy atom. The maximum Gasteiger partial charge on any atom is 0.251 e. The highest BCUT2D eigenvalue weighted by Gasteiger charge is 2.10. The number of anilines is 1. The van der Waals surface area contributed by atoms with E-state index in [4.69, 9.17) is 0 Å². The lowest BCUT2D eigenvalue weighted by atomic mass is 10.2. The second kappa shape index (κ2) is 6.36. The monoisotopic (exact) mass is 307 g/mol. The molecule has 2 aromatic carbocycles. The Bertz CT molecular complexity index is 853. The van der Waals surface area contributed by atoms with E-state index in [0.29, 0.717) is 5.56 Å². The lowest BCUT2D eigenvalue weighted by molar-refractivity contribution is -0.115. The van der Waals surface area contributed by atoms with Gasteiger partial charge in [-0.25, -0.2) is 0 Å². The SMILES string of the molecule is Cc1cc2c(NC(=O)CNC(=O)c3ccccc3)cccc2[nH]1. The standard InChI is InChI=1S/C18H17N3O2/c1-12-10-14-15(20-12)8-5-9-16(14)21-17(22)11-19-18(23)13-6-3-2-4-7-13/h2-10,20H,11H2,1H3,(H,19,23)(H,21,22). The Morgan fingerprint density at radius 3 is 2.61 bits per heavy atom. The van der Waals surface area contributed by atoms with Gasteiger partial charge in [0, 0.05) is 22.2 Å². The largest absolute Gasteiger partial charge is 0.359 e. The number of rotatable bonds is 4. The van der Waals surface area contributed by atoms with Crippen LogP contribution in [0.15, 0.2) is 54.6 Å². The van der Waals surface area contributed by atoms with Gasteiger partial charge in [0.25, 0.3) is 5.91 Å². The summed E-state index contributed by atoms with van der Waals surface area (Å²) >= 11 is 0. The quantitative estimate of drug-likeness (QED) is 0.693. The summed E-state index contributed by atoms with van der Waals surface area (Å²) in [4.78, 5) is 27.2. The van der Waals surface area contributed by atoms with Crippen molar-refractivity contribution in [3.05, 3.63) is 65.9 Å². The summed E-state index contributed by atoms with van der Waals surface area (Å²) in [6.45, 7) is 1.89. The summed E-state index contributed by atoms with van der Waals surface area (Å²) < 4.78 is 0. The molecule has 3 rings (SSSR count). The summed E-state index contributed by atoms with van der Waals surface area (Å²) in [5.41, 5.74) is 3.25. The molecule has 0 aliphatic carbocycles. The van der Waals surface area contributed by atoms with Gasteiger partial charge in [-0.2, -0.15) is 0 Å². The van der Waals surface area contributed by atoms with Crippen LogP contribution in [-0.2, 0) is 4.79 Å². The highest BCUT2D eigenvalue weighted by molar-refractivity contribution is 6.04. The smallest absolute Gasteiger partial charge is 0.251 e. The van der Waals surface area contributed by atoms with Crippen LogP contribution < -0.4 is 10.6 Å². The fourth-order valence-corrected chi connectivity index (χ4v) is 2.45. The van der Waals surface area contributed by atoms with Gasteiger partial charge in [0.15, 0.2) is 0 Å². The third-order valence-corrected chi connectivity index (χ3v) is 3.52. The Kier molecular flexibility index (Phi) is 4.10. The number of carbonyl (C=O) groups excluding carboxylic acids is 2. The molecule has 0 spiro atoms. The van der Waals surface area contributed by atoms with Crippen LogP contribution in [0.2, 0.25) is 0 Å². The predicted octanol–water partition coefficient (Wildman–Crippen LogP) is 2.84. The predicted molar refractivity (Wildman–Crippen MR) is 90.4 cm³/mol. The maximum atomic E-state index is 12.1. The normalized spacial score (nSPS) is 10.5. The molecule has 1 aromatic heterocycles. The number of hydrogen-bond donors (Lipinski definition) is 3. The van der Waals surface area contributed by atoms with Gasteiger partial charge < -0.3 is 15.6 Å².